The van der Waals surface area contributed by atoms with Crippen LogP contribution in [0.1, 0.15) is 39.5 Å². The lowest BCUT2D eigenvalue weighted by Gasteiger charge is -2.29. The maximum absolute atomic E-state index is 2.65. The number of allylic oxidation sites excluding steroid dienone is 4. The van der Waals surface area contributed by atoms with Crippen LogP contribution in [0.5, 0.6) is 0 Å². The Morgan fingerprint density at radius 2 is 2.12 bits per heavy atom. The molecule has 1 fully saturated rings. The lowest BCUT2D eigenvalue weighted by Crippen LogP contribution is -2.36. The molecule has 17 heavy (non-hydrogen) atoms. The molecular formula is C15H26N2. The molecule has 0 N–H and O–H groups in total. The highest BCUT2D eigenvalue weighted by Gasteiger charge is 2.19. The van der Waals surface area contributed by atoms with E-state index in [9.17, 15) is 0 Å². The largest absolute Gasteiger partial charge is 0.373 e. The molecule has 0 saturated carbocycles. The molecule has 0 aromatic carbocycles. The highest BCUT2D eigenvalue weighted by atomic mass is 15.2. The van der Waals surface area contributed by atoms with Crippen molar-refractivity contribution in [2.24, 2.45) is 0 Å². The second-order valence-electron chi connectivity index (χ2n) is 5.26. The molecule has 0 bridgehead atoms. The molecule has 0 radical (unpaired) electrons. The first-order chi connectivity index (χ1) is 8.31. The molecule has 2 aliphatic rings. The molecule has 1 aliphatic heterocycles. The molecule has 1 aliphatic carbocycles. The normalized spacial score (nSPS) is 24.4. The summed E-state index contributed by atoms with van der Waals surface area (Å²) in [5, 5.41) is 0. The Hall–Kier alpha value is -0.760. The van der Waals surface area contributed by atoms with Crippen molar-refractivity contribution < 1.29 is 0 Å². The van der Waals surface area contributed by atoms with E-state index in [0.717, 1.165) is 6.04 Å². The average Bonchev–Trinajstić information content (AvgIpc) is 2.64. The summed E-state index contributed by atoms with van der Waals surface area (Å²) in [6.07, 6.45) is 11.8. The smallest absolute Gasteiger partial charge is 0.0302 e. The summed E-state index contributed by atoms with van der Waals surface area (Å²) in [6, 6.07) is 0.746. The van der Waals surface area contributed by atoms with Gasteiger partial charge in [-0.25, -0.2) is 0 Å². The minimum Gasteiger partial charge on any atom is -0.373 e. The van der Waals surface area contributed by atoms with Crippen LogP contribution in [-0.2, 0) is 0 Å². The van der Waals surface area contributed by atoms with E-state index in [-0.39, 0.29) is 0 Å². The van der Waals surface area contributed by atoms with Crippen molar-refractivity contribution in [3.8, 4) is 0 Å². The van der Waals surface area contributed by atoms with Crippen LogP contribution in [0.25, 0.3) is 0 Å². The molecule has 1 saturated heterocycles. The number of rotatable bonds is 3. The van der Waals surface area contributed by atoms with Crippen LogP contribution in [0, 0.1) is 0 Å². The summed E-state index contributed by atoms with van der Waals surface area (Å²) < 4.78 is 0. The molecule has 0 amide bonds. The fraction of sp³-hybridized carbons (Fsp3) is 0.733. The summed E-state index contributed by atoms with van der Waals surface area (Å²) >= 11 is 0. The van der Waals surface area contributed by atoms with Crippen molar-refractivity contribution in [2.75, 3.05) is 26.2 Å². The third kappa shape index (κ3) is 3.35. The van der Waals surface area contributed by atoms with E-state index in [1.807, 2.05) is 0 Å². The van der Waals surface area contributed by atoms with Gasteiger partial charge in [-0.2, -0.15) is 0 Å². The molecule has 2 heteroatoms. The lowest BCUT2D eigenvalue weighted by atomic mass is 10.1. The Labute approximate surface area is 106 Å². The van der Waals surface area contributed by atoms with Crippen molar-refractivity contribution in [1.29, 1.82) is 0 Å². The Morgan fingerprint density at radius 1 is 1.24 bits per heavy atom. The van der Waals surface area contributed by atoms with E-state index in [1.54, 1.807) is 5.70 Å². The van der Waals surface area contributed by atoms with Crippen LogP contribution >= 0.6 is 0 Å². The number of hydrogen-bond acceptors (Lipinski definition) is 2. The zero-order chi connectivity index (χ0) is 12.1. The van der Waals surface area contributed by atoms with E-state index < -0.39 is 0 Å². The first-order valence-electron chi connectivity index (χ1n) is 7.16. The first-order valence-corrected chi connectivity index (χ1v) is 7.16. The van der Waals surface area contributed by atoms with Crippen LogP contribution < -0.4 is 0 Å². The van der Waals surface area contributed by atoms with Gasteiger partial charge in [-0.15, -0.1) is 0 Å². The van der Waals surface area contributed by atoms with Crippen molar-refractivity contribution in [3.63, 3.8) is 0 Å². The highest BCUT2D eigenvalue weighted by molar-refractivity contribution is 5.17. The maximum atomic E-state index is 2.65. The van der Waals surface area contributed by atoms with Crippen LogP contribution in [0.2, 0.25) is 0 Å². The van der Waals surface area contributed by atoms with Crippen LogP contribution in [0.15, 0.2) is 23.9 Å². The molecule has 0 spiro atoms. The van der Waals surface area contributed by atoms with Gasteiger partial charge in [0.15, 0.2) is 0 Å². The van der Waals surface area contributed by atoms with Crippen LogP contribution in [-0.4, -0.2) is 42.0 Å². The first kappa shape index (κ1) is 12.7. The van der Waals surface area contributed by atoms with Gasteiger partial charge in [-0.1, -0.05) is 19.1 Å². The summed E-state index contributed by atoms with van der Waals surface area (Å²) in [5.41, 5.74) is 1.55. The third-order valence-electron chi connectivity index (χ3n) is 4.14. The topological polar surface area (TPSA) is 6.48 Å². The SMILES string of the molecule is CCC(C)N1CCCN(C2=CC=CCC2)CC1. The Balaban J connectivity index is 1.91. The molecule has 1 heterocycles. The minimum absolute atomic E-state index is 0.746. The van der Waals surface area contributed by atoms with Crippen molar-refractivity contribution in [2.45, 2.75) is 45.6 Å². The second-order valence-corrected chi connectivity index (χ2v) is 5.26. The third-order valence-corrected chi connectivity index (χ3v) is 4.14. The van der Waals surface area contributed by atoms with E-state index in [4.69, 9.17) is 0 Å². The predicted octanol–water partition coefficient (Wildman–Crippen LogP) is 3.03. The standard InChI is InChI=1S/C15H26N2/c1-3-14(2)16-10-7-11-17(13-12-16)15-8-5-4-6-9-15/h4-5,8,14H,3,6-7,9-13H2,1-2H3. The zero-order valence-electron chi connectivity index (χ0n) is 11.4. The van der Waals surface area contributed by atoms with Gasteiger partial charge in [0, 0.05) is 37.9 Å². The Kier molecular flexibility index (Phi) is 4.66. The molecule has 1 atom stereocenters. The molecule has 0 aromatic rings. The molecular weight excluding hydrogens is 208 g/mol. The van der Waals surface area contributed by atoms with Gasteiger partial charge in [0.1, 0.15) is 0 Å². The number of hydrogen-bond donors (Lipinski definition) is 0. The van der Waals surface area contributed by atoms with Crippen molar-refractivity contribution >= 4 is 0 Å². The zero-order valence-corrected chi connectivity index (χ0v) is 11.4. The van der Waals surface area contributed by atoms with Gasteiger partial charge >= 0.3 is 0 Å². The van der Waals surface area contributed by atoms with Gasteiger partial charge in [0.25, 0.3) is 0 Å². The van der Waals surface area contributed by atoms with Crippen LogP contribution in [0.4, 0.5) is 0 Å². The molecule has 1 unspecified atom stereocenters. The Bertz CT molecular complexity index is 293. The van der Waals surface area contributed by atoms with Gasteiger partial charge < -0.3 is 4.90 Å². The fourth-order valence-corrected chi connectivity index (χ4v) is 2.78. The summed E-state index contributed by atoms with van der Waals surface area (Å²) in [7, 11) is 0. The molecule has 96 valence electrons. The summed E-state index contributed by atoms with van der Waals surface area (Å²) in [6.45, 7) is 9.61. The highest BCUT2D eigenvalue weighted by Crippen LogP contribution is 2.19. The molecule has 2 rings (SSSR count). The average molecular weight is 234 g/mol. The van der Waals surface area contributed by atoms with Crippen LogP contribution in [0.3, 0.4) is 0 Å². The van der Waals surface area contributed by atoms with E-state index in [1.165, 1.54) is 51.9 Å². The summed E-state index contributed by atoms with van der Waals surface area (Å²) in [5.74, 6) is 0. The maximum Gasteiger partial charge on any atom is 0.0302 e. The lowest BCUT2D eigenvalue weighted by molar-refractivity contribution is 0.210. The molecule has 2 nitrogen and oxygen atoms in total. The molecule has 0 aromatic heterocycles. The predicted molar refractivity (Wildman–Crippen MR) is 74.0 cm³/mol. The quantitative estimate of drug-likeness (QED) is 0.740. The van der Waals surface area contributed by atoms with Gasteiger partial charge in [-0.3, -0.25) is 4.90 Å². The fourth-order valence-electron chi connectivity index (χ4n) is 2.78. The van der Waals surface area contributed by atoms with Crippen molar-refractivity contribution in [3.05, 3.63) is 23.9 Å². The number of nitrogens with zero attached hydrogens (tertiary/aromatic N) is 2. The van der Waals surface area contributed by atoms with Crippen molar-refractivity contribution in [1.82, 2.24) is 9.80 Å². The van der Waals surface area contributed by atoms with Gasteiger partial charge in [-0.05, 0) is 38.7 Å². The summed E-state index contributed by atoms with van der Waals surface area (Å²) in [4.78, 5) is 5.26. The second kappa shape index (κ2) is 6.25. The van der Waals surface area contributed by atoms with Gasteiger partial charge in [0.2, 0.25) is 0 Å². The van der Waals surface area contributed by atoms with E-state index in [0.29, 0.717) is 0 Å². The van der Waals surface area contributed by atoms with Gasteiger partial charge in [0.05, 0.1) is 0 Å². The van der Waals surface area contributed by atoms with E-state index in [2.05, 4.69) is 41.9 Å². The monoisotopic (exact) mass is 234 g/mol. The van der Waals surface area contributed by atoms with E-state index >= 15 is 0 Å². The minimum atomic E-state index is 0.746. The Morgan fingerprint density at radius 3 is 2.82 bits per heavy atom.